The largest absolute Gasteiger partial charge is 0.478 e. The highest BCUT2D eigenvalue weighted by atomic mass is 19.4. The number of ether oxygens (including phenoxy) is 1. The lowest BCUT2D eigenvalue weighted by Crippen LogP contribution is -2.12. The van der Waals surface area contributed by atoms with Gasteiger partial charge in [0.15, 0.2) is 5.78 Å². The molecule has 0 atom stereocenters. The van der Waals surface area contributed by atoms with E-state index in [2.05, 4.69) is 15.3 Å². The summed E-state index contributed by atoms with van der Waals surface area (Å²) >= 11 is 0. The van der Waals surface area contributed by atoms with E-state index in [0.29, 0.717) is 17.1 Å². The van der Waals surface area contributed by atoms with Crippen molar-refractivity contribution in [3.05, 3.63) is 59.3 Å². The van der Waals surface area contributed by atoms with Gasteiger partial charge in [0.2, 0.25) is 11.8 Å². The average Bonchev–Trinajstić information content (AvgIpc) is 2.74. The van der Waals surface area contributed by atoms with Crippen molar-refractivity contribution in [1.29, 1.82) is 0 Å². The van der Waals surface area contributed by atoms with Crippen LogP contribution >= 0.6 is 0 Å². The molecule has 32 heavy (non-hydrogen) atoms. The highest BCUT2D eigenvalue weighted by Crippen LogP contribution is 2.36. The Morgan fingerprint density at radius 2 is 1.84 bits per heavy atom. The fourth-order valence-corrected chi connectivity index (χ4v) is 3.14. The molecule has 3 aromatic rings. The summed E-state index contributed by atoms with van der Waals surface area (Å²) in [7, 11) is 0. The van der Waals surface area contributed by atoms with Crippen LogP contribution in [0.15, 0.2) is 42.5 Å². The molecule has 1 amide bonds. The Kier molecular flexibility index (Phi) is 7.07. The minimum atomic E-state index is -4.54. The number of para-hydroxylation sites is 1. The summed E-state index contributed by atoms with van der Waals surface area (Å²) in [5.74, 6) is -0.242. The van der Waals surface area contributed by atoms with E-state index in [1.807, 2.05) is 0 Å². The third-order valence-corrected chi connectivity index (χ3v) is 4.66. The van der Waals surface area contributed by atoms with E-state index in [1.165, 1.54) is 24.3 Å². The van der Waals surface area contributed by atoms with E-state index < -0.39 is 11.7 Å². The number of fused-ring (bicyclic) bond motifs is 1. The third kappa shape index (κ3) is 5.81. The number of carbonyl (C=O) groups excluding carboxylic acids is 2. The molecule has 0 bridgehead atoms. The Balaban J connectivity index is 1.64. The van der Waals surface area contributed by atoms with Gasteiger partial charge in [0.25, 0.3) is 0 Å². The van der Waals surface area contributed by atoms with Crippen LogP contribution in [0.5, 0.6) is 5.88 Å². The number of halogens is 3. The number of pyridine rings is 2. The molecule has 0 saturated heterocycles. The standard InChI is InChI=1S/C23H22F3N3O3/c1-3-21(31)29-20-12-15(11-14(2)27-20)19(30)9-6-10-32-22-13-17(23(24,25)26)16-7-4-5-8-18(16)28-22/h4-5,7-8,11-13H,3,6,9-10H2,1-2H3,(H,27,29,31). The molecule has 0 unspecified atom stereocenters. The number of nitrogens with zero attached hydrogens (tertiary/aromatic N) is 2. The van der Waals surface area contributed by atoms with Crippen LogP contribution in [0.25, 0.3) is 10.9 Å². The normalized spacial score (nSPS) is 11.4. The van der Waals surface area contributed by atoms with Crippen LogP contribution in [0, 0.1) is 6.92 Å². The fraction of sp³-hybridized carbons (Fsp3) is 0.304. The number of ketones is 1. The molecule has 0 aliphatic rings. The Labute approximate surface area is 182 Å². The molecular weight excluding hydrogens is 423 g/mol. The van der Waals surface area contributed by atoms with Crippen molar-refractivity contribution in [2.24, 2.45) is 0 Å². The summed E-state index contributed by atoms with van der Waals surface area (Å²) in [6.45, 7) is 3.45. The van der Waals surface area contributed by atoms with Crippen LogP contribution in [0.3, 0.4) is 0 Å². The molecule has 0 fully saturated rings. The summed E-state index contributed by atoms with van der Waals surface area (Å²) in [5, 5.41) is 2.62. The van der Waals surface area contributed by atoms with Crippen molar-refractivity contribution in [3.63, 3.8) is 0 Å². The van der Waals surface area contributed by atoms with Crippen LogP contribution in [-0.4, -0.2) is 28.3 Å². The van der Waals surface area contributed by atoms with Crippen molar-refractivity contribution in [3.8, 4) is 5.88 Å². The number of amides is 1. The van der Waals surface area contributed by atoms with Crippen LogP contribution in [0.2, 0.25) is 0 Å². The van der Waals surface area contributed by atoms with Gasteiger partial charge in [0, 0.05) is 35.6 Å². The summed E-state index contributed by atoms with van der Waals surface area (Å²) in [5.41, 5.74) is 0.344. The average molecular weight is 445 g/mol. The second kappa shape index (κ2) is 9.76. The molecule has 0 radical (unpaired) electrons. The molecular formula is C23H22F3N3O3. The molecule has 0 saturated carbocycles. The number of benzene rings is 1. The van der Waals surface area contributed by atoms with Crippen LogP contribution < -0.4 is 10.1 Å². The molecule has 3 rings (SSSR count). The Hall–Kier alpha value is -3.49. The molecule has 1 aromatic carbocycles. The summed E-state index contributed by atoms with van der Waals surface area (Å²) in [6, 6.07) is 9.97. The van der Waals surface area contributed by atoms with Gasteiger partial charge in [-0.05, 0) is 31.5 Å². The monoisotopic (exact) mass is 445 g/mol. The van der Waals surface area contributed by atoms with Gasteiger partial charge in [-0.25, -0.2) is 9.97 Å². The maximum Gasteiger partial charge on any atom is 0.417 e. The van der Waals surface area contributed by atoms with Crippen molar-refractivity contribution in [2.45, 2.75) is 39.3 Å². The SMILES string of the molecule is CCC(=O)Nc1cc(C(=O)CCCOc2cc(C(F)(F)F)c3ccccc3n2)cc(C)n1. The molecule has 0 aliphatic carbocycles. The molecule has 1 N–H and O–H groups in total. The maximum atomic E-state index is 13.4. The molecule has 2 heterocycles. The number of carbonyl (C=O) groups is 2. The van der Waals surface area contributed by atoms with Gasteiger partial charge >= 0.3 is 6.18 Å². The van der Waals surface area contributed by atoms with Gasteiger partial charge in [-0.3, -0.25) is 9.59 Å². The second-order valence-electron chi connectivity index (χ2n) is 7.18. The van der Waals surface area contributed by atoms with Crippen molar-refractivity contribution < 1.29 is 27.5 Å². The van der Waals surface area contributed by atoms with E-state index in [1.54, 1.807) is 26.0 Å². The number of aryl methyl sites for hydroxylation is 1. The molecule has 0 aliphatic heterocycles. The highest BCUT2D eigenvalue weighted by Gasteiger charge is 2.33. The third-order valence-electron chi connectivity index (χ3n) is 4.66. The minimum absolute atomic E-state index is 0.00144. The van der Waals surface area contributed by atoms with E-state index in [9.17, 15) is 22.8 Å². The smallest absolute Gasteiger partial charge is 0.417 e. The molecule has 2 aromatic heterocycles. The zero-order valence-electron chi connectivity index (χ0n) is 17.6. The number of hydrogen-bond donors (Lipinski definition) is 1. The van der Waals surface area contributed by atoms with Crippen molar-refractivity contribution >= 4 is 28.4 Å². The van der Waals surface area contributed by atoms with Gasteiger partial charge in [-0.1, -0.05) is 25.1 Å². The predicted octanol–water partition coefficient (Wildman–Crippen LogP) is 5.35. The summed E-state index contributed by atoms with van der Waals surface area (Å²) in [4.78, 5) is 32.4. The zero-order chi connectivity index (χ0) is 23.3. The lowest BCUT2D eigenvalue weighted by molar-refractivity contribution is -0.136. The van der Waals surface area contributed by atoms with Gasteiger partial charge < -0.3 is 10.1 Å². The quantitative estimate of drug-likeness (QED) is 0.374. The number of nitrogens with one attached hydrogen (secondary N) is 1. The minimum Gasteiger partial charge on any atom is -0.478 e. The number of anilines is 1. The van der Waals surface area contributed by atoms with Crippen LogP contribution in [0.4, 0.5) is 19.0 Å². The molecule has 0 spiro atoms. The first-order valence-electron chi connectivity index (χ1n) is 10.1. The van der Waals surface area contributed by atoms with Gasteiger partial charge in [0.1, 0.15) is 5.82 Å². The van der Waals surface area contributed by atoms with Crippen LogP contribution in [0.1, 0.15) is 47.8 Å². The van der Waals surface area contributed by atoms with Gasteiger partial charge in [0.05, 0.1) is 17.7 Å². The number of rotatable bonds is 8. The van der Waals surface area contributed by atoms with Crippen molar-refractivity contribution in [1.82, 2.24) is 9.97 Å². The number of aromatic nitrogens is 2. The second-order valence-corrected chi connectivity index (χ2v) is 7.18. The van der Waals surface area contributed by atoms with E-state index >= 15 is 0 Å². The molecule has 168 valence electrons. The predicted molar refractivity (Wildman–Crippen MR) is 114 cm³/mol. The van der Waals surface area contributed by atoms with Crippen LogP contribution in [-0.2, 0) is 11.0 Å². The van der Waals surface area contributed by atoms with E-state index in [0.717, 1.165) is 6.07 Å². The lowest BCUT2D eigenvalue weighted by atomic mass is 10.1. The highest BCUT2D eigenvalue weighted by molar-refractivity contribution is 5.98. The van der Waals surface area contributed by atoms with Gasteiger partial charge in [-0.15, -0.1) is 0 Å². The van der Waals surface area contributed by atoms with Crippen molar-refractivity contribution in [2.75, 3.05) is 11.9 Å². The number of hydrogen-bond acceptors (Lipinski definition) is 5. The topological polar surface area (TPSA) is 81.2 Å². The lowest BCUT2D eigenvalue weighted by Gasteiger charge is -2.13. The first-order valence-corrected chi connectivity index (χ1v) is 10.1. The van der Waals surface area contributed by atoms with E-state index in [-0.39, 0.29) is 54.3 Å². The number of Topliss-reactive ketones (excluding diaryl/α,β-unsaturated/α-hetero) is 1. The fourth-order valence-electron chi connectivity index (χ4n) is 3.14. The molecule has 6 nitrogen and oxygen atoms in total. The Bertz CT molecular complexity index is 1150. The maximum absolute atomic E-state index is 13.4. The number of alkyl halides is 3. The summed E-state index contributed by atoms with van der Waals surface area (Å²) < 4.78 is 45.6. The zero-order valence-corrected chi connectivity index (χ0v) is 17.6. The molecule has 9 heteroatoms. The summed E-state index contributed by atoms with van der Waals surface area (Å²) in [6.07, 6.45) is -3.85. The van der Waals surface area contributed by atoms with E-state index in [4.69, 9.17) is 4.74 Å². The first kappa shape index (κ1) is 23.2. The van der Waals surface area contributed by atoms with Gasteiger partial charge in [-0.2, -0.15) is 13.2 Å². The Morgan fingerprint density at radius 3 is 2.56 bits per heavy atom. The Morgan fingerprint density at radius 1 is 1.09 bits per heavy atom. The first-order chi connectivity index (χ1) is 15.2.